The van der Waals surface area contributed by atoms with Crippen LogP contribution in [0.4, 0.5) is 0 Å². The summed E-state index contributed by atoms with van der Waals surface area (Å²) in [7, 11) is 1.74. The molecular weight excluding hydrogens is 262 g/mol. The first-order valence-corrected chi connectivity index (χ1v) is 7.81. The average molecular weight is 293 g/mol. The standard InChI is InChI=1S/C18H31NO2/c1-8-9-19-15(12-21-18(4,5)6)17-14(3)10-13(2)11-16(17)20-7/h10-11,15,19H,8-9,12H2,1-7H3. The van der Waals surface area contributed by atoms with Crippen molar-refractivity contribution in [3.8, 4) is 5.75 Å². The van der Waals surface area contributed by atoms with Crippen LogP contribution in [-0.2, 0) is 4.74 Å². The van der Waals surface area contributed by atoms with Crippen molar-refractivity contribution in [1.29, 1.82) is 0 Å². The largest absolute Gasteiger partial charge is 0.496 e. The highest BCUT2D eigenvalue weighted by atomic mass is 16.5. The second kappa shape index (κ2) is 7.81. The number of methoxy groups -OCH3 is 1. The first kappa shape index (κ1) is 18.0. The number of ether oxygens (including phenoxy) is 2. The third kappa shape index (κ3) is 5.68. The summed E-state index contributed by atoms with van der Waals surface area (Å²) >= 11 is 0. The number of benzene rings is 1. The van der Waals surface area contributed by atoms with Crippen LogP contribution in [0, 0.1) is 13.8 Å². The van der Waals surface area contributed by atoms with E-state index in [2.05, 4.69) is 59.0 Å². The van der Waals surface area contributed by atoms with Gasteiger partial charge in [0.05, 0.1) is 25.4 Å². The maximum Gasteiger partial charge on any atom is 0.124 e. The smallest absolute Gasteiger partial charge is 0.124 e. The molecule has 0 saturated heterocycles. The van der Waals surface area contributed by atoms with Crippen molar-refractivity contribution < 1.29 is 9.47 Å². The van der Waals surface area contributed by atoms with Gasteiger partial charge < -0.3 is 14.8 Å². The van der Waals surface area contributed by atoms with Gasteiger partial charge >= 0.3 is 0 Å². The van der Waals surface area contributed by atoms with E-state index in [0.29, 0.717) is 6.61 Å². The summed E-state index contributed by atoms with van der Waals surface area (Å²) in [6, 6.07) is 4.45. The van der Waals surface area contributed by atoms with Gasteiger partial charge in [0, 0.05) is 5.56 Å². The van der Waals surface area contributed by atoms with E-state index in [9.17, 15) is 0 Å². The molecule has 1 N–H and O–H groups in total. The first-order valence-electron chi connectivity index (χ1n) is 7.81. The molecule has 1 unspecified atom stereocenters. The van der Waals surface area contributed by atoms with Gasteiger partial charge in [0.1, 0.15) is 5.75 Å². The molecule has 1 aromatic rings. The van der Waals surface area contributed by atoms with Crippen LogP contribution < -0.4 is 10.1 Å². The Morgan fingerprint density at radius 3 is 2.38 bits per heavy atom. The Bertz CT molecular complexity index is 449. The summed E-state index contributed by atoms with van der Waals surface area (Å²) in [6.07, 6.45) is 1.10. The number of nitrogens with one attached hydrogen (secondary N) is 1. The SMILES string of the molecule is CCCNC(COC(C)(C)C)c1c(C)cc(C)cc1OC. The molecule has 1 rings (SSSR count). The van der Waals surface area contributed by atoms with Crippen LogP contribution in [0.3, 0.4) is 0 Å². The summed E-state index contributed by atoms with van der Waals surface area (Å²) in [4.78, 5) is 0. The van der Waals surface area contributed by atoms with E-state index in [0.717, 1.165) is 18.7 Å². The van der Waals surface area contributed by atoms with Gasteiger partial charge in [0.25, 0.3) is 0 Å². The lowest BCUT2D eigenvalue weighted by molar-refractivity contribution is -0.0151. The second-order valence-electron chi connectivity index (χ2n) is 6.63. The van der Waals surface area contributed by atoms with E-state index in [1.165, 1.54) is 16.7 Å². The molecule has 0 heterocycles. The zero-order valence-corrected chi connectivity index (χ0v) is 14.7. The maximum atomic E-state index is 6.01. The lowest BCUT2D eigenvalue weighted by Crippen LogP contribution is -2.31. The molecule has 0 saturated carbocycles. The predicted octanol–water partition coefficient (Wildman–Crippen LogP) is 4.17. The molecule has 3 heteroatoms. The molecule has 120 valence electrons. The third-order valence-electron chi connectivity index (χ3n) is 3.39. The summed E-state index contributed by atoms with van der Waals surface area (Å²) in [5.74, 6) is 0.943. The highest BCUT2D eigenvalue weighted by Crippen LogP contribution is 2.31. The highest BCUT2D eigenvalue weighted by Gasteiger charge is 2.21. The van der Waals surface area contributed by atoms with Crippen LogP contribution in [0.1, 0.15) is 56.8 Å². The Morgan fingerprint density at radius 2 is 1.86 bits per heavy atom. The van der Waals surface area contributed by atoms with Crippen LogP contribution in [0.5, 0.6) is 5.75 Å². The van der Waals surface area contributed by atoms with Crippen molar-refractivity contribution in [3.05, 3.63) is 28.8 Å². The van der Waals surface area contributed by atoms with Crippen LogP contribution in [0.2, 0.25) is 0 Å². The van der Waals surface area contributed by atoms with Crippen molar-refractivity contribution >= 4 is 0 Å². The van der Waals surface area contributed by atoms with Gasteiger partial charge in [0.2, 0.25) is 0 Å². The summed E-state index contributed by atoms with van der Waals surface area (Å²) in [6.45, 7) is 14.3. The van der Waals surface area contributed by atoms with E-state index >= 15 is 0 Å². The van der Waals surface area contributed by atoms with Crippen LogP contribution in [0.25, 0.3) is 0 Å². The van der Waals surface area contributed by atoms with Gasteiger partial charge in [-0.05, 0) is 64.8 Å². The fourth-order valence-corrected chi connectivity index (χ4v) is 2.45. The lowest BCUT2D eigenvalue weighted by atomic mass is 9.97. The number of hydrogen-bond acceptors (Lipinski definition) is 3. The molecule has 0 fully saturated rings. The summed E-state index contributed by atoms with van der Waals surface area (Å²) in [5.41, 5.74) is 3.54. The highest BCUT2D eigenvalue weighted by molar-refractivity contribution is 5.45. The van der Waals surface area contributed by atoms with Gasteiger partial charge in [0.15, 0.2) is 0 Å². The Labute approximate surface area is 130 Å². The van der Waals surface area contributed by atoms with Gasteiger partial charge in [-0.3, -0.25) is 0 Å². The number of rotatable bonds is 7. The fraction of sp³-hybridized carbons (Fsp3) is 0.667. The van der Waals surface area contributed by atoms with Crippen molar-refractivity contribution in [2.24, 2.45) is 0 Å². The zero-order chi connectivity index (χ0) is 16.0. The normalized spacial score (nSPS) is 13.3. The van der Waals surface area contributed by atoms with Gasteiger partial charge in [-0.2, -0.15) is 0 Å². The van der Waals surface area contributed by atoms with Gasteiger partial charge in [-0.1, -0.05) is 13.0 Å². The van der Waals surface area contributed by atoms with E-state index in [1.54, 1.807) is 7.11 Å². The molecule has 0 spiro atoms. The summed E-state index contributed by atoms with van der Waals surface area (Å²) < 4.78 is 11.6. The minimum absolute atomic E-state index is 0.141. The Balaban J connectivity index is 3.07. The number of hydrogen-bond donors (Lipinski definition) is 1. The average Bonchev–Trinajstić information content (AvgIpc) is 2.38. The van der Waals surface area contributed by atoms with E-state index in [4.69, 9.17) is 9.47 Å². The molecule has 1 aromatic carbocycles. The third-order valence-corrected chi connectivity index (χ3v) is 3.39. The molecule has 0 aliphatic carbocycles. The molecule has 0 aliphatic rings. The lowest BCUT2D eigenvalue weighted by Gasteiger charge is -2.28. The molecule has 1 atom stereocenters. The maximum absolute atomic E-state index is 6.01. The Kier molecular flexibility index (Phi) is 6.69. The molecule has 0 aromatic heterocycles. The van der Waals surface area contributed by atoms with Crippen molar-refractivity contribution in [1.82, 2.24) is 5.32 Å². The first-order chi connectivity index (χ1) is 9.78. The minimum Gasteiger partial charge on any atom is -0.496 e. The molecule has 21 heavy (non-hydrogen) atoms. The Hall–Kier alpha value is -1.06. The van der Waals surface area contributed by atoms with Crippen molar-refractivity contribution in [2.45, 2.75) is 59.6 Å². The van der Waals surface area contributed by atoms with Gasteiger partial charge in [-0.25, -0.2) is 0 Å². The van der Waals surface area contributed by atoms with Crippen LogP contribution in [0.15, 0.2) is 12.1 Å². The van der Waals surface area contributed by atoms with E-state index in [-0.39, 0.29) is 11.6 Å². The molecule has 0 amide bonds. The van der Waals surface area contributed by atoms with Crippen LogP contribution in [-0.4, -0.2) is 25.9 Å². The van der Waals surface area contributed by atoms with Crippen LogP contribution >= 0.6 is 0 Å². The number of aryl methyl sites for hydroxylation is 2. The topological polar surface area (TPSA) is 30.5 Å². The Morgan fingerprint density at radius 1 is 1.19 bits per heavy atom. The van der Waals surface area contributed by atoms with Crippen molar-refractivity contribution in [3.63, 3.8) is 0 Å². The summed E-state index contributed by atoms with van der Waals surface area (Å²) in [5, 5.41) is 3.59. The van der Waals surface area contributed by atoms with Gasteiger partial charge in [-0.15, -0.1) is 0 Å². The predicted molar refractivity (Wildman–Crippen MR) is 89.2 cm³/mol. The molecular formula is C18H31NO2. The minimum atomic E-state index is -0.141. The molecule has 0 radical (unpaired) electrons. The molecule has 3 nitrogen and oxygen atoms in total. The second-order valence-corrected chi connectivity index (χ2v) is 6.63. The van der Waals surface area contributed by atoms with E-state index in [1.807, 2.05) is 0 Å². The molecule has 0 bridgehead atoms. The monoisotopic (exact) mass is 293 g/mol. The van der Waals surface area contributed by atoms with E-state index < -0.39 is 0 Å². The quantitative estimate of drug-likeness (QED) is 0.818. The van der Waals surface area contributed by atoms with Crippen molar-refractivity contribution in [2.75, 3.05) is 20.3 Å². The zero-order valence-electron chi connectivity index (χ0n) is 14.7. The molecule has 0 aliphatic heterocycles. The fourth-order valence-electron chi connectivity index (χ4n) is 2.45.